The van der Waals surface area contributed by atoms with E-state index in [4.69, 9.17) is 9.57 Å². The molecular weight excluding hydrogens is 353 g/mol. The van der Waals surface area contributed by atoms with Crippen molar-refractivity contribution in [3.8, 4) is 0 Å². The van der Waals surface area contributed by atoms with Gasteiger partial charge in [0.1, 0.15) is 31.2 Å². The quantitative estimate of drug-likeness (QED) is 0.360. The van der Waals surface area contributed by atoms with E-state index in [2.05, 4.69) is 27.3 Å². The Morgan fingerprint density at radius 1 is 1.37 bits per heavy atom. The average molecular weight is 371 g/mol. The summed E-state index contributed by atoms with van der Waals surface area (Å²) in [4.78, 5) is 25.7. The molecule has 0 fully saturated rings. The number of anilines is 2. The second-order valence-corrected chi connectivity index (χ2v) is 5.57. The summed E-state index contributed by atoms with van der Waals surface area (Å²) in [5.41, 5.74) is 3.93. The summed E-state index contributed by atoms with van der Waals surface area (Å²) in [7, 11) is 0. The van der Waals surface area contributed by atoms with Gasteiger partial charge >= 0.3 is 0 Å². The molecule has 0 spiro atoms. The smallest absolute Gasteiger partial charge is 0.297 e. The maximum Gasteiger partial charge on any atom is 0.297 e. The predicted octanol–water partition coefficient (Wildman–Crippen LogP) is 2.74. The summed E-state index contributed by atoms with van der Waals surface area (Å²) in [6.07, 6.45) is 5.84. The van der Waals surface area contributed by atoms with Gasteiger partial charge in [-0.15, -0.1) is 0 Å². The molecule has 2 aromatic heterocycles. The number of rotatable bonds is 8. The number of ether oxygens (including phenoxy) is 1. The van der Waals surface area contributed by atoms with Gasteiger partial charge in [-0.05, 0) is 24.6 Å². The van der Waals surface area contributed by atoms with Crippen molar-refractivity contribution in [1.82, 2.24) is 19.8 Å². The first-order valence-corrected chi connectivity index (χ1v) is 8.09. The summed E-state index contributed by atoms with van der Waals surface area (Å²) < 4.78 is 20.8. The third-order valence-electron chi connectivity index (χ3n) is 3.64. The van der Waals surface area contributed by atoms with Crippen molar-refractivity contribution >= 4 is 22.9 Å². The van der Waals surface area contributed by atoms with E-state index < -0.39 is 11.7 Å². The Hall–Kier alpha value is -3.46. The van der Waals surface area contributed by atoms with E-state index in [1.165, 1.54) is 24.9 Å². The molecule has 27 heavy (non-hydrogen) atoms. The number of hydroxylamine groups is 1. The van der Waals surface area contributed by atoms with Crippen LogP contribution >= 0.6 is 0 Å². The van der Waals surface area contributed by atoms with Gasteiger partial charge in [0.15, 0.2) is 5.69 Å². The highest BCUT2D eigenvalue weighted by molar-refractivity contribution is 5.97. The van der Waals surface area contributed by atoms with E-state index >= 15 is 0 Å². The number of imidazole rings is 1. The number of carbonyl (C=O) groups excluding carboxylic acids is 1. The van der Waals surface area contributed by atoms with Gasteiger partial charge in [-0.2, -0.15) is 0 Å². The summed E-state index contributed by atoms with van der Waals surface area (Å²) in [5, 5.41) is 2.92. The summed E-state index contributed by atoms with van der Waals surface area (Å²) in [6.45, 7) is 5.55. The minimum Gasteiger partial charge on any atom is -0.499 e. The number of aryl methyl sites for hydroxylation is 1. The maximum absolute atomic E-state index is 14.3. The lowest BCUT2D eigenvalue weighted by Crippen LogP contribution is -2.27. The number of hydrogen-bond donors (Lipinski definition) is 2. The highest BCUT2D eigenvalue weighted by atomic mass is 19.1. The molecule has 0 saturated carbocycles. The summed E-state index contributed by atoms with van der Waals surface area (Å²) in [5.74, 6) is -0.785. The van der Waals surface area contributed by atoms with Crippen LogP contribution in [0.15, 0.2) is 49.8 Å². The normalized spacial score (nSPS) is 10.6. The van der Waals surface area contributed by atoms with Crippen LogP contribution in [0.5, 0.6) is 0 Å². The van der Waals surface area contributed by atoms with Crippen molar-refractivity contribution in [3.05, 3.63) is 66.8 Å². The Bertz CT molecular complexity index is 973. The van der Waals surface area contributed by atoms with Crippen molar-refractivity contribution in [1.29, 1.82) is 0 Å². The molecule has 9 heteroatoms. The Kier molecular flexibility index (Phi) is 5.62. The molecular formula is C18H18FN5O3. The van der Waals surface area contributed by atoms with Crippen molar-refractivity contribution in [2.45, 2.75) is 6.92 Å². The fraction of sp³-hybridized carbons (Fsp3) is 0.167. The van der Waals surface area contributed by atoms with Crippen LogP contribution in [-0.4, -0.2) is 33.5 Å². The highest BCUT2D eigenvalue weighted by Gasteiger charge is 2.18. The molecule has 0 radical (unpaired) electrons. The van der Waals surface area contributed by atoms with E-state index in [1.807, 2.05) is 0 Å². The number of carbonyl (C=O) groups is 1. The standard InChI is InChI=1S/C18H18FN5O3/c1-3-26-6-7-27-23-18(25)16-17(24-11-20-9-13(24)10-21-16)22-15-5-4-12(2)8-14(15)19/h3-5,8-11,22H,1,6-7H2,2H3,(H,23,25). The number of nitrogens with one attached hydrogen (secondary N) is 2. The molecule has 3 aromatic rings. The first-order valence-electron chi connectivity index (χ1n) is 8.09. The van der Waals surface area contributed by atoms with Crippen LogP contribution in [0.4, 0.5) is 15.9 Å². The van der Waals surface area contributed by atoms with E-state index in [1.54, 1.807) is 29.7 Å². The SMILES string of the molecule is C=COCCONC(=O)c1ncc2cncn2c1Nc1ccc(C)cc1F. The molecule has 0 bridgehead atoms. The van der Waals surface area contributed by atoms with Gasteiger partial charge in [0.2, 0.25) is 0 Å². The maximum atomic E-state index is 14.3. The number of benzene rings is 1. The Labute approximate surface area is 154 Å². The largest absolute Gasteiger partial charge is 0.499 e. The second kappa shape index (κ2) is 8.28. The van der Waals surface area contributed by atoms with Crippen LogP contribution in [0.1, 0.15) is 16.1 Å². The van der Waals surface area contributed by atoms with Crippen LogP contribution < -0.4 is 10.8 Å². The summed E-state index contributed by atoms with van der Waals surface area (Å²) in [6, 6.07) is 4.74. The number of amides is 1. The molecule has 0 saturated heterocycles. The average Bonchev–Trinajstić information content (AvgIpc) is 3.13. The topological polar surface area (TPSA) is 89.8 Å². The molecule has 1 amide bonds. The van der Waals surface area contributed by atoms with Gasteiger partial charge < -0.3 is 10.1 Å². The van der Waals surface area contributed by atoms with E-state index in [0.717, 1.165) is 5.56 Å². The Balaban J connectivity index is 1.87. The van der Waals surface area contributed by atoms with Gasteiger partial charge in [-0.1, -0.05) is 12.6 Å². The molecule has 0 atom stereocenters. The first-order chi connectivity index (χ1) is 13.1. The van der Waals surface area contributed by atoms with Crippen LogP contribution in [-0.2, 0) is 9.57 Å². The third-order valence-corrected chi connectivity index (χ3v) is 3.64. The fourth-order valence-electron chi connectivity index (χ4n) is 2.37. The van der Waals surface area contributed by atoms with Crippen LogP contribution in [0, 0.1) is 12.7 Å². The van der Waals surface area contributed by atoms with Crippen molar-refractivity contribution in [3.63, 3.8) is 0 Å². The number of nitrogens with zero attached hydrogens (tertiary/aromatic N) is 3. The lowest BCUT2D eigenvalue weighted by atomic mass is 10.2. The fourth-order valence-corrected chi connectivity index (χ4v) is 2.37. The lowest BCUT2D eigenvalue weighted by molar-refractivity contribution is 0.0141. The molecule has 2 heterocycles. The molecule has 0 aliphatic rings. The highest BCUT2D eigenvalue weighted by Crippen LogP contribution is 2.24. The zero-order valence-electron chi connectivity index (χ0n) is 14.6. The molecule has 140 valence electrons. The van der Waals surface area contributed by atoms with Crippen LogP contribution in [0.3, 0.4) is 0 Å². The molecule has 2 N–H and O–H groups in total. The summed E-state index contributed by atoms with van der Waals surface area (Å²) >= 11 is 0. The van der Waals surface area contributed by atoms with Crippen LogP contribution in [0.2, 0.25) is 0 Å². The van der Waals surface area contributed by atoms with E-state index in [-0.39, 0.29) is 30.4 Å². The number of aromatic nitrogens is 3. The third kappa shape index (κ3) is 4.21. The first kappa shape index (κ1) is 18.3. The minimum atomic E-state index is -0.598. The zero-order valence-corrected chi connectivity index (χ0v) is 14.6. The molecule has 0 unspecified atom stereocenters. The van der Waals surface area contributed by atoms with Crippen molar-refractivity contribution in [2.24, 2.45) is 0 Å². The number of hydrogen-bond acceptors (Lipinski definition) is 6. The Morgan fingerprint density at radius 3 is 3.00 bits per heavy atom. The van der Waals surface area contributed by atoms with Crippen LogP contribution in [0.25, 0.3) is 5.52 Å². The van der Waals surface area contributed by atoms with E-state index in [9.17, 15) is 9.18 Å². The van der Waals surface area contributed by atoms with Gasteiger partial charge in [-0.3, -0.25) is 14.0 Å². The predicted molar refractivity (Wildman–Crippen MR) is 97.0 cm³/mol. The second-order valence-electron chi connectivity index (χ2n) is 5.57. The molecule has 3 rings (SSSR count). The van der Waals surface area contributed by atoms with Gasteiger partial charge in [0.05, 0.1) is 29.9 Å². The van der Waals surface area contributed by atoms with Crippen molar-refractivity contribution in [2.75, 3.05) is 18.5 Å². The van der Waals surface area contributed by atoms with E-state index in [0.29, 0.717) is 5.52 Å². The molecule has 8 nitrogen and oxygen atoms in total. The number of fused-ring (bicyclic) bond motifs is 1. The Morgan fingerprint density at radius 2 is 2.22 bits per heavy atom. The minimum absolute atomic E-state index is 0.0186. The number of halogens is 1. The lowest BCUT2D eigenvalue weighted by Gasteiger charge is -2.14. The molecule has 1 aromatic carbocycles. The zero-order chi connectivity index (χ0) is 19.2. The molecule has 0 aliphatic heterocycles. The molecule has 0 aliphatic carbocycles. The van der Waals surface area contributed by atoms with Gasteiger partial charge in [0.25, 0.3) is 5.91 Å². The van der Waals surface area contributed by atoms with Gasteiger partial charge in [0, 0.05) is 0 Å². The van der Waals surface area contributed by atoms with Crippen molar-refractivity contribution < 1.29 is 18.8 Å². The van der Waals surface area contributed by atoms with Gasteiger partial charge in [-0.25, -0.2) is 19.8 Å². The monoisotopic (exact) mass is 371 g/mol.